The summed E-state index contributed by atoms with van der Waals surface area (Å²) in [4.78, 5) is 17.5. The summed E-state index contributed by atoms with van der Waals surface area (Å²) in [5.74, 6) is 0.531. The fraction of sp³-hybridized carbons (Fsp3) is 0.385. The maximum absolute atomic E-state index is 10.9. The van der Waals surface area contributed by atoms with Crippen molar-refractivity contribution in [2.45, 2.75) is 58.7 Å². The number of carbonyl (C=O) groups is 1. The molecule has 2 N–H and O–H groups in total. The number of aliphatic carboxylic acids is 1. The predicted octanol–water partition coefficient (Wildman–Crippen LogP) is 4.43. The van der Waals surface area contributed by atoms with Crippen molar-refractivity contribution in [3.05, 3.63) is 53.1 Å². The molecule has 1 unspecified atom stereocenters. The van der Waals surface area contributed by atoms with Crippen molar-refractivity contribution < 1.29 is 19.2 Å². The van der Waals surface area contributed by atoms with Crippen molar-refractivity contribution in [1.82, 2.24) is 15.5 Å². The van der Waals surface area contributed by atoms with Crippen LogP contribution in [0.3, 0.4) is 0 Å². The number of fused-ring (bicyclic) bond motifs is 1. The van der Waals surface area contributed by atoms with Gasteiger partial charge in [-0.1, -0.05) is 12.1 Å². The van der Waals surface area contributed by atoms with Crippen molar-refractivity contribution in [1.29, 1.82) is 5.26 Å². The molecule has 0 fully saturated rings. The second-order valence-corrected chi connectivity index (χ2v) is 8.99. The van der Waals surface area contributed by atoms with E-state index in [0.717, 1.165) is 30.6 Å². The molecule has 35 heavy (non-hydrogen) atoms. The number of aryl methyl sites for hydroxylation is 1. The Kier molecular flexibility index (Phi) is 7.32. The molecule has 1 atom stereocenters. The van der Waals surface area contributed by atoms with E-state index in [1.165, 1.54) is 5.56 Å². The van der Waals surface area contributed by atoms with Gasteiger partial charge >= 0.3 is 5.97 Å². The first-order valence-electron chi connectivity index (χ1n) is 11.7. The lowest BCUT2D eigenvalue weighted by Gasteiger charge is -2.28. The fourth-order valence-electron chi connectivity index (χ4n) is 4.14. The second kappa shape index (κ2) is 10.6. The third kappa shape index (κ3) is 5.78. The first-order valence-corrected chi connectivity index (χ1v) is 11.7. The Labute approximate surface area is 204 Å². The van der Waals surface area contributed by atoms with E-state index in [4.69, 9.17) is 14.4 Å². The van der Waals surface area contributed by atoms with Crippen LogP contribution in [0.4, 0.5) is 11.6 Å². The van der Waals surface area contributed by atoms with Gasteiger partial charge in [0.1, 0.15) is 11.8 Å². The SMILES string of the molecule is CC(CC(=O)O)NCc1ccc2c(c1)CCCN2c1noc(-c2ccc(OC(C)C)c(C#N)c2)n1. The molecule has 9 heteroatoms. The Morgan fingerprint density at radius 1 is 1.29 bits per heavy atom. The minimum absolute atomic E-state index is 0.0356. The summed E-state index contributed by atoms with van der Waals surface area (Å²) < 4.78 is 11.2. The monoisotopic (exact) mass is 475 g/mol. The number of aromatic nitrogens is 2. The first kappa shape index (κ1) is 24.2. The van der Waals surface area contributed by atoms with Gasteiger partial charge in [0.25, 0.3) is 11.8 Å². The van der Waals surface area contributed by atoms with Crippen LogP contribution in [0, 0.1) is 11.3 Å². The third-order valence-electron chi connectivity index (χ3n) is 5.76. The van der Waals surface area contributed by atoms with Gasteiger partial charge in [0.15, 0.2) is 0 Å². The largest absolute Gasteiger partial charge is 0.490 e. The van der Waals surface area contributed by atoms with Gasteiger partial charge in [-0.25, -0.2) is 0 Å². The molecule has 2 aromatic carbocycles. The number of anilines is 2. The van der Waals surface area contributed by atoms with Gasteiger partial charge in [-0.05, 0) is 74.2 Å². The van der Waals surface area contributed by atoms with Gasteiger partial charge in [0, 0.05) is 30.4 Å². The molecule has 0 radical (unpaired) electrons. The van der Waals surface area contributed by atoms with Gasteiger partial charge in [-0.3, -0.25) is 4.79 Å². The molecule has 0 saturated heterocycles. The van der Waals surface area contributed by atoms with Gasteiger partial charge < -0.3 is 24.6 Å². The van der Waals surface area contributed by atoms with Crippen LogP contribution in [0.2, 0.25) is 0 Å². The van der Waals surface area contributed by atoms with E-state index < -0.39 is 5.97 Å². The predicted molar refractivity (Wildman–Crippen MR) is 131 cm³/mol. The normalized spacial score (nSPS) is 13.9. The summed E-state index contributed by atoms with van der Waals surface area (Å²) in [5.41, 5.74) is 4.40. The molecule has 0 spiro atoms. The summed E-state index contributed by atoms with van der Waals surface area (Å²) in [6.07, 6.45) is 1.94. The molecule has 0 bridgehead atoms. The van der Waals surface area contributed by atoms with Crippen LogP contribution in [0.15, 0.2) is 40.9 Å². The van der Waals surface area contributed by atoms with Crippen molar-refractivity contribution in [2.75, 3.05) is 11.4 Å². The first-order chi connectivity index (χ1) is 16.8. The highest BCUT2D eigenvalue weighted by Crippen LogP contribution is 2.34. The summed E-state index contributed by atoms with van der Waals surface area (Å²) in [6.45, 7) is 7.06. The van der Waals surface area contributed by atoms with E-state index in [9.17, 15) is 10.1 Å². The Morgan fingerprint density at radius 3 is 2.86 bits per heavy atom. The van der Waals surface area contributed by atoms with Crippen molar-refractivity contribution in [2.24, 2.45) is 0 Å². The van der Waals surface area contributed by atoms with E-state index in [1.807, 2.05) is 37.8 Å². The van der Waals surface area contributed by atoms with Crippen LogP contribution in [0.1, 0.15) is 50.3 Å². The van der Waals surface area contributed by atoms with Gasteiger partial charge in [-0.2, -0.15) is 10.2 Å². The maximum Gasteiger partial charge on any atom is 0.304 e. The van der Waals surface area contributed by atoms with Gasteiger partial charge in [0.05, 0.1) is 18.1 Å². The van der Waals surface area contributed by atoms with Crippen molar-refractivity contribution in [3.63, 3.8) is 0 Å². The number of nitrogens with zero attached hydrogens (tertiary/aromatic N) is 4. The molecule has 1 aromatic heterocycles. The standard InChI is InChI=1S/C26H29N5O4/c1-16(2)34-23-9-7-20(13-21(23)14-27)25-29-26(30-35-25)31-10-4-5-19-12-18(6-8-22(19)31)15-28-17(3)11-24(32)33/h6-9,12-13,16-17,28H,4-5,10-11,15H2,1-3H3,(H,32,33). The zero-order valence-electron chi connectivity index (χ0n) is 20.1. The molecule has 182 valence electrons. The lowest BCUT2D eigenvalue weighted by molar-refractivity contribution is -0.137. The number of nitriles is 1. The summed E-state index contributed by atoms with van der Waals surface area (Å²) >= 11 is 0. The lowest BCUT2D eigenvalue weighted by atomic mass is 9.99. The van der Waals surface area contributed by atoms with Crippen LogP contribution >= 0.6 is 0 Å². The fourth-order valence-corrected chi connectivity index (χ4v) is 4.14. The smallest absolute Gasteiger partial charge is 0.304 e. The highest BCUT2D eigenvalue weighted by molar-refractivity contribution is 5.68. The molecule has 2 heterocycles. The number of hydrogen-bond acceptors (Lipinski definition) is 8. The molecule has 1 aliphatic rings. The Bertz CT molecular complexity index is 1250. The lowest BCUT2D eigenvalue weighted by Crippen LogP contribution is -2.28. The Morgan fingerprint density at radius 2 is 2.11 bits per heavy atom. The van der Waals surface area contributed by atoms with E-state index in [0.29, 0.717) is 35.3 Å². The molecule has 3 aromatic rings. The molecular formula is C26H29N5O4. The highest BCUT2D eigenvalue weighted by atomic mass is 16.5. The Hall–Kier alpha value is -3.90. The van der Waals surface area contributed by atoms with E-state index in [-0.39, 0.29) is 18.6 Å². The molecule has 1 aliphatic heterocycles. The van der Waals surface area contributed by atoms with E-state index in [1.54, 1.807) is 12.1 Å². The molecule has 0 aliphatic carbocycles. The number of ether oxygens (including phenoxy) is 1. The van der Waals surface area contributed by atoms with Crippen LogP contribution in [-0.2, 0) is 17.8 Å². The molecular weight excluding hydrogens is 446 g/mol. The zero-order valence-corrected chi connectivity index (χ0v) is 20.1. The van der Waals surface area contributed by atoms with Crippen molar-refractivity contribution in [3.8, 4) is 23.3 Å². The average Bonchev–Trinajstić information content (AvgIpc) is 3.32. The van der Waals surface area contributed by atoms with Crippen LogP contribution in [0.25, 0.3) is 11.5 Å². The summed E-state index contributed by atoms with van der Waals surface area (Å²) in [6, 6.07) is 13.6. The minimum atomic E-state index is -0.811. The molecule has 4 rings (SSSR count). The summed E-state index contributed by atoms with van der Waals surface area (Å²) in [7, 11) is 0. The molecule has 0 saturated carbocycles. The highest BCUT2D eigenvalue weighted by Gasteiger charge is 2.23. The van der Waals surface area contributed by atoms with Gasteiger partial charge in [-0.15, -0.1) is 0 Å². The number of carboxylic acids is 1. The molecule has 0 amide bonds. The van der Waals surface area contributed by atoms with Gasteiger partial charge in [0.2, 0.25) is 0 Å². The third-order valence-corrected chi connectivity index (χ3v) is 5.76. The number of nitrogens with one attached hydrogen (secondary N) is 1. The minimum Gasteiger partial charge on any atom is -0.490 e. The average molecular weight is 476 g/mol. The maximum atomic E-state index is 10.9. The van der Waals surface area contributed by atoms with E-state index >= 15 is 0 Å². The number of benzene rings is 2. The molecule has 9 nitrogen and oxygen atoms in total. The van der Waals surface area contributed by atoms with Crippen molar-refractivity contribution >= 4 is 17.6 Å². The number of carboxylic acid groups (broad SMARTS) is 1. The van der Waals surface area contributed by atoms with Crippen LogP contribution < -0.4 is 15.0 Å². The number of rotatable bonds is 9. The topological polar surface area (TPSA) is 125 Å². The Balaban J connectivity index is 1.52. The number of hydrogen-bond donors (Lipinski definition) is 2. The quantitative estimate of drug-likeness (QED) is 0.462. The second-order valence-electron chi connectivity index (χ2n) is 8.99. The van der Waals surface area contributed by atoms with Crippen LogP contribution in [0.5, 0.6) is 5.75 Å². The summed E-state index contributed by atoms with van der Waals surface area (Å²) in [5, 5.41) is 25.9. The van der Waals surface area contributed by atoms with E-state index in [2.05, 4.69) is 33.7 Å². The zero-order chi connectivity index (χ0) is 24.9. The van der Waals surface area contributed by atoms with Crippen LogP contribution in [-0.4, -0.2) is 39.9 Å².